The second-order valence-electron chi connectivity index (χ2n) is 2.71. The zero-order valence-electron chi connectivity index (χ0n) is 8.33. The van der Waals surface area contributed by atoms with E-state index in [0.717, 1.165) is 6.42 Å². The number of hydrogen-bond donors (Lipinski definition) is 2. The van der Waals surface area contributed by atoms with Crippen LogP contribution in [0.3, 0.4) is 0 Å². The van der Waals surface area contributed by atoms with Crippen LogP contribution in [-0.4, -0.2) is 41.3 Å². The van der Waals surface area contributed by atoms with E-state index >= 15 is 0 Å². The third-order valence-corrected chi connectivity index (χ3v) is 1.66. The smallest absolute Gasteiger partial charge is 0.291 e. The van der Waals surface area contributed by atoms with Crippen molar-refractivity contribution in [3.05, 3.63) is 11.6 Å². The van der Waals surface area contributed by atoms with Gasteiger partial charge in [-0.3, -0.25) is 9.89 Å². The van der Waals surface area contributed by atoms with Gasteiger partial charge >= 0.3 is 0 Å². The molecule has 0 aliphatic rings. The summed E-state index contributed by atoms with van der Waals surface area (Å²) >= 11 is 0. The lowest BCUT2D eigenvalue weighted by Gasteiger charge is -1.99. The van der Waals surface area contributed by atoms with Gasteiger partial charge in [-0.05, 0) is 0 Å². The van der Waals surface area contributed by atoms with Crippen LogP contribution >= 0.6 is 0 Å². The number of methoxy groups -OCH3 is 1. The van der Waals surface area contributed by atoms with Crippen molar-refractivity contribution in [2.45, 2.75) is 13.3 Å². The first kappa shape index (κ1) is 10.6. The first-order valence-electron chi connectivity index (χ1n) is 4.46. The Hall–Kier alpha value is -1.43. The highest BCUT2D eigenvalue weighted by Gasteiger charge is 2.10. The molecule has 0 aliphatic carbocycles. The van der Waals surface area contributed by atoms with Crippen molar-refractivity contribution in [3.63, 3.8) is 0 Å². The van der Waals surface area contributed by atoms with Gasteiger partial charge in [0.15, 0.2) is 0 Å². The number of aromatic amines is 1. The number of aromatic nitrogens is 3. The van der Waals surface area contributed by atoms with Gasteiger partial charge in [0.2, 0.25) is 5.82 Å². The monoisotopic (exact) mass is 198 g/mol. The van der Waals surface area contributed by atoms with E-state index in [-0.39, 0.29) is 11.7 Å². The molecule has 1 aromatic rings. The van der Waals surface area contributed by atoms with E-state index in [2.05, 4.69) is 20.5 Å². The van der Waals surface area contributed by atoms with Crippen molar-refractivity contribution in [2.24, 2.45) is 0 Å². The van der Waals surface area contributed by atoms with E-state index < -0.39 is 0 Å². The molecule has 0 atom stereocenters. The summed E-state index contributed by atoms with van der Waals surface area (Å²) in [6.07, 6.45) is 0.734. The minimum atomic E-state index is -0.280. The van der Waals surface area contributed by atoms with Crippen LogP contribution in [0.4, 0.5) is 0 Å². The first-order valence-corrected chi connectivity index (χ1v) is 4.46. The standard InChI is InChI=1S/C8H14N4O2/c1-3-6-10-7(12-11-6)8(13)9-4-5-14-2/h3-5H2,1-2H3,(H,9,13)(H,10,11,12). The summed E-state index contributed by atoms with van der Waals surface area (Å²) in [5.41, 5.74) is 0. The Labute approximate surface area is 82.1 Å². The second kappa shape index (κ2) is 5.33. The van der Waals surface area contributed by atoms with Gasteiger partial charge in [0.05, 0.1) is 6.61 Å². The van der Waals surface area contributed by atoms with Crippen LogP contribution < -0.4 is 5.32 Å². The van der Waals surface area contributed by atoms with E-state index in [1.165, 1.54) is 0 Å². The maximum Gasteiger partial charge on any atom is 0.291 e. The third-order valence-electron chi connectivity index (χ3n) is 1.66. The van der Waals surface area contributed by atoms with Crippen LogP contribution in [0, 0.1) is 0 Å². The van der Waals surface area contributed by atoms with Gasteiger partial charge < -0.3 is 10.1 Å². The number of rotatable bonds is 5. The zero-order chi connectivity index (χ0) is 10.4. The number of aryl methyl sites for hydroxylation is 1. The predicted molar refractivity (Wildman–Crippen MR) is 50.0 cm³/mol. The van der Waals surface area contributed by atoms with Crippen LogP contribution in [0.2, 0.25) is 0 Å². The lowest BCUT2D eigenvalue weighted by atomic mass is 10.4. The molecule has 0 saturated carbocycles. The molecule has 1 aromatic heterocycles. The summed E-state index contributed by atoms with van der Waals surface area (Å²) in [5.74, 6) is 0.609. The first-order chi connectivity index (χ1) is 6.77. The van der Waals surface area contributed by atoms with Gasteiger partial charge in [-0.2, -0.15) is 0 Å². The van der Waals surface area contributed by atoms with Crippen molar-refractivity contribution >= 4 is 5.91 Å². The summed E-state index contributed by atoms with van der Waals surface area (Å²) in [5, 5.41) is 9.08. The molecule has 0 unspecified atom stereocenters. The number of amides is 1. The van der Waals surface area contributed by atoms with Crippen LogP contribution in [0.15, 0.2) is 0 Å². The van der Waals surface area contributed by atoms with E-state index in [0.29, 0.717) is 19.0 Å². The molecule has 0 saturated heterocycles. The largest absolute Gasteiger partial charge is 0.383 e. The lowest BCUT2D eigenvalue weighted by Crippen LogP contribution is -2.27. The predicted octanol–water partition coefficient (Wildman–Crippen LogP) is -0.257. The third kappa shape index (κ3) is 2.81. The molecular formula is C8H14N4O2. The number of H-pyrrole nitrogens is 1. The normalized spacial score (nSPS) is 10.1. The van der Waals surface area contributed by atoms with Crippen LogP contribution in [0.1, 0.15) is 23.4 Å². The highest BCUT2D eigenvalue weighted by Crippen LogP contribution is 1.92. The van der Waals surface area contributed by atoms with Crippen LogP contribution in [-0.2, 0) is 11.2 Å². The zero-order valence-corrected chi connectivity index (χ0v) is 8.33. The molecule has 0 bridgehead atoms. The molecule has 0 radical (unpaired) electrons. The minimum Gasteiger partial charge on any atom is -0.383 e. The molecule has 1 heterocycles. The number of carbonyl (C=O) groups excluding carboxylic acids is 1. The Morgan fingerprint density at radius 3 is 3.00 bits per heavy atom. The van der Waals surface area contributed by atoms with Crippen LogP contribution in [0.25, 0.3) is 0 Å². The molecule has 78 valence electrons. The maximum absolute atomic E-state index is 11.3. The SMILES string of the molecule is CCc1nc(C(=O)NCCOC)n[nH]1. The summed E-state index contributed by atoms with van der Waals surface area (Å²) in [6.45, 7) is 2.88. The van der Waals surface area contributed by atoms with Gasteiger partial charge in [-0.15, -0.1) is 5.10 Å². The molecule has 0 fully saturated rings. The van der Waals surface area contributed by atoms with Crippen molar-refractivity contribution in [1.29, 1.82) is 0 Å². The molecule has 1 amide bonds. The topological polar surface area (TPSA) is 79.9 Å². The van der Waals surface area contributed by atoms with Crippen molar-refractivity contribution in [2.75, 3.05) is 20.3 Å². The number of nitrogens with zero attached hydrogens (tertiary/aromatic N) is 2. The van der Waals surface area contributed by atoms with Gasteiger partial charge in [-0.1, -0.05) is 6.92 Å². The molecule has 0 aliphatic heterocycles. The van der Waals surface area contributed by atoms with Crippen molar-refractivity contribution < 1.29 is 9.53 Å². The average Bonchev–Trinajstić information content (AvgIpc) is 2.66. The summed E-state index contributed by atoms with van der Waals surface area (Å²) in [4.78, 5) is 15.3. The minimum absolute atomic E-state index is 0.179. The maximum atomic E-state index is 11.3. The highest BCUT2D eigenvalue weighted by molar-refractivity contribution is 5.90. The highest BCUT2D eigenvalue weighted by atomic mass is 16.5. The molecule has 6 heteroatoms. The van der Waals surface area contributed by atoms with Gasteiger partial charge in [0, 0.05) is 20.1 Å². The molecule has 0 spiro atoms. The quantitative estimate of drug-likeness (QED) is 0.639. The van der Waals surface area contributed by atoms with E-state index in [9.17, 15) is 4.79 Å². The van der Waals surface area contributed by atoms with Gasteiger partial charge in [0.25, 0.3) is 5.91 Å². The number of nitrogens with one attached hydrogen (secondary N) is 2. The molecule has 1 rings (SSSR count). The molecule has 6 nitrogen and oxygen atoms in total. The van der Waals surface area contributed by atoms with E-state index in [1.54, 1.807) is 7.11 Å². The Kier molecular flexibility index (Phi) is 4.06. The van der Waals surface area contributed by atoms with Gasteiger partial charge in [0.1, 0.15) is 5.82 Å². The fourth-order valence-electron chi connectivity index (χ4n) is 0.901. The fourth-order valence-corrected chi connectivity index (χ4v) is 0.901. The van der Waals surface area contributed by atoms with Crippen LogP contribution in [0.5, 0.6) is 0 Å². The lowest BCUT2D eigenvalue weighted by molar-refractivity contribution is 0.0927. The molecular weight excluding hydrogens is 184 g/mol. The Morgan fingerprint density at radius 2 is 2.43 bits per heavy atom. The Balaban J connectivity index is 2.44. The van der Waals surface area contributed by atoms with Crippen molar-refractivity contribution in [3.8, 4) is 0 Å². The summed E-state index contributed by atoms with van der Waals surface area (Å²) in [7, 11) is 1.58. The van der Waals surface area contributed by atoms with E-state index in [1.807, 2.05) is 6.92 Å². The Morgan fingerprint density at radius 1 is 1.64 bits per heavy atom. The molecule has 14 heavy (non-hydrogen) atoms. The summed E-state index contributed by atoms with van der Waals surface area (Å²) < 4.78 is 4.79. The van der Waals surface area contributed by atoms with E-state index in [4.69, 9.17) is 4.74 Å². The van der Waals surface area contributed by atoms with Crippen molar-refractivity contribution in [1.82, 2.24) is 20.5 Å². The fraction of sp³-hybridized carbons (Fsp3) is 0.625. The summed E-state index contributed by atoms with van der Waals surface area (Å²) in [6, 6.07) is 0. The number of carbonyl (C=O) groups is 1. The molecule has 2 N–H and O–H groups in total. The second-order valence-corrected chi connectivity index (χ2v) is 2.71. The molecule has 0 aromatic carbocycles. The number of ether oxygens (including phenoxy) is 1. The van der Waals surface area contributed by atoms with Gasteiger partial charge in [-0.25, -0.2) is 4.98 Å². The Bertz CT molecular complexity index is 297. The number of hydrogen-bond acceptors (Lipinski definition) is 4. The average molecular weight is 198 g/mol.